The summed E-state index contributed by atoms with van der Waals surface area (Å²) in [5.41, 5.74) is 0. The van der Waals surface area contributed by atoms with Crippen molar-refractivity contribution in [1.82, 2.24) is 14.9 Å². The van der Waals surface area contributed by atoms with Crippen molar-refractivity contribution >= 4 is 26.8 Å². The molecule has 0 amide bonds. The molecule has 3 unspecified atom stereocenters. The van der Waals surface area contributed by atoms with Gasteiger partial charge in [0.2, 0.25) is 10.0 Å². The van der Waals surface area contributed by atoms with Gasteiger partial charge in [-0.25, -0.2) is 12.7 Å². The zero-order valence-electron chi connectivity index (χ0n) is 16.7. The lowest BCUT2D eigenvalue weighted by atomic mass is 9.95. The van der Waals surface area contributed by atoms with Crippen molar-refractivity contribution in [1.29, 1.82) is 0 Å². The van der Waals surface area contributed by atoms with E-state index in [0.29, 0.717) is 32.1 Å². The molecule has 0 aromatic heterocycles. The molecule has 2 N–H and O–H groups in total. The molecule has 0 aromatic rings. The van der Waals surface area contributed by atoms with Crippen molar-refractivity contribution in [3.8, 4) is 0 Å². The van der Waals surface area contributed by atoms with Gasteiger partial charge in [0.15, 0.2) is 5.96 Å². The molecule has 1 aliphatic rings. The third-order valence-corrected chi connectivity index (χ3v) is 7.74. The summed E-state index contributed by atoms with van der Waals surface area (Å²) in [6, 6.07) is 0.296. The van der Waals surface area contributed by atoms with Gasteiger partial charge in [-0.05, 0) is 32.6 Å². The standard InChI is InChI=1S/C17H36N4O3S2/c1-5-18-17(19-12-9-13-21(6-2)26(4,23)24)20-15-10-8-11-16(14-15)25(22)7-3/h15-16H,5-14H2,1-4H3,(H2,18,19,20). The van der Waals surface area contributed by atoms with Gasteiger partial charge >= 0.3 is 0 Å². The highest BCUT2D eigenvalue weighted by Gasteiger charge is 2.26. The first-order valence-electron chi connectivity index (χ1n) is 9.68. The van der Waals surface area contributed by atoms with Gasteiger partial charge in [0, 0.05) is 54.0 Å². The summed E-state index contributed by atoms with van der Waals surface area (Å²) < 4.78 is 36.8. The van der Waals surface area contributed by atoms with Crippen molar-refractivity contribution < 1.29 is 12.6 Å². The van der Waals surface area contributed by atoms with Gasteiger partial charge in [0.05, 0.1) is 6.26 Å². The Morgan fingerprint density at radius 1 is 1.27 bits per heavy atom. The average molecular weight is 409 g/mol. The summed E-state index contributed by atoms with van der Waals surface area (Å²) in [6.07, 6.45) is 6.05. The van der Waals surface area contributed by atoms with Crippen LogP contribution in [0, 0.1) is 0 Å². The van der Waals surface area contributed by atoms with Crippen LogP contribution in [-0.4, -0.2) is 72.4 Å². The maximum Gasteiger partial charge on any atom is 0.211 e. The second kappa shape index (κ2) is 11.9. The summed E-state index contributed by atoms with van der Waals surface area (Å²) in [7, 11) is -3.88. The van der Waals surface area contributed by atoms with Crippen LogP contribution in [-0.2, 0) is 20.8 Å². The number of nitrogens with one attached hydrogen (secondary N) is 2. The molecule has 0 aromatic carbocycles. The Morgan fingerprint density at radius 3 is 2.58 bits per heavy atom. The molecule has 0 bridgehead atoms. The van der Waals surface area contributed by atoms with E-state index in [4.69, 9.17) is 0 Å². The molecule has 26 heavy (non-hydrogen) atoms. The minimum Gasteiger partial charge on any atom is -0.357 e. The topological polar surface area (TPSA) is 90.9 Å². The maximum absolute atomic E-state index is 12.1. The maximum atomic E-state index is 12.1. The van der Waals surface area contributed by atoms with E-state index in [1.54, 1.807) is 0 Å². The fourth-order valence-electron chi connectivity index (χ4n) is 3.26. The number of sulfonamides is 1. The number of rotatable bonds is 10. The van der Waals surface area contributed by atoms with E-state index >= 15 is 0 Å². The Hall–Kier alpha value is -0.670. The van der Waals surface area contributed by atoms with Crippen LogP contribution in [0.15, 0.2) is 4.99 Å². The lowest BCUT2D eigenvalue weighted by molar-refractivity contribution is 0.412. The highest BCUT2D eigenvalue weighted by atomic mass is 32.2. The van der Waals surface area contributed by atoms with Gasteiger partial charge in [0.1, 0.15) is 0 Å². The highest BCUT2D eigenvalue weighted by molar-refractivity contribution is 7.88. The Balaban J connectivity index is 2.54. The zero-order valence-corrected chi connectivity index (χ0v) is 18.3. The second-order valence-electron chi connectivity index (χ2n) is 6.67. The number of hydrogen-bond acceptors (Lipinski definition) is 4. The van der Waals surface area contributed by atoms with Gasteiger partial charge in [0.25, 0.3) is 0 Å². The van der Waals surface area contributed by atoms with Crippen molar-refractivity contribution in [2.75, 3.05) is 38.2 Å². The summed E-state index contributed by atoms with van der Waals surface area (Å²) in [6.45, 7) is 8.16. The SMILES string of the molecule is CCNC(=NCCCN(CC)S(C)(=O)=O)NC1CCCC(S(=O)CC)C1. The van der Waals surface area contributed by atoms with Gasteiger partial charge in [-0.3, -0.25) is 9.20 Å². The summed E-state index contributed by atoms with van der Waals surface area (Å²) in [5.74, 6) is 1.49. The molecule has 1 rings (SSSR count). The van der Waals surface area contributed by atoms with Crippen molar-refractivity contribution in [3.63, 3.8) is 0 Å². The molecule has 0 heterocycles. The Morgan fingerprint density at radius 2 is 2.00 bits per heavy atom. The molecule has 0 aliphatic heterocycles. The molecule has 1 saturated carbocycles. The van der Waals surface area contributed by atoms with Crippen LogP contribution in [0.4, 0.5) is 0 Å². The lowest BCUT2D eigenvalue weighted by Crippen LogP contribution is -2.46. The van der Waals surface area contributed by atoms with Crippen LogP contribution in [0.3, 0.4) is 0 Å². The Kier molecular flexibility index (Phi) is 10.7. The molecular formula is C17H36N4O3S2. The van der Waals surface area contributed by atoms with Gasteiger partial charge in [-0.15, -0.1) is 0 Å². The molecule has 0 saturated heterocycles. The monoisotopic (exact) mass is 408 g/mol. The van der Waals surface area contributed by atoms with E-state index in [2.05, 4.69) is 15.6 Å². The van der Waals surface area contributed by atoms with Crippen molar-refractivity contribution in [3.05, 3.63) is 0 Å². The first-order chi connectivity index (χ1) is 12.3. The predicted molar refractivity (Wildman–Crippen MR) is 111 cm³/mol. The summed E-state index contributed by atoms with van der Waals surface area (Å²) in [4.78, 5) is 4.58. The van der Waals surface area contributed by atoms with Crippen LogP contribution < -0.4 is 10.6 Å². The molecule has 3 atom stereocenters. The van der Waals surface area contributed by atoms with E-state index in [0.717, 1.165) is 43.9 Å². The van der Waals surface area contributed by atoms with Gasteiger partial charge < -0.3 is 10.6 Å². The number of hydrogen-bond donors (Lipinski definition) is 2. The van der Waals surface area contributed by atoms with Gasteiger partial charge in [-0.2, -0.15) is 0 Å². The fourth-order valence-corrected chi connectivity index (χ4v) is 5.54. The fraction of sp³-hybridized carbons (Fsp3) is 0.941. The number of guanidine groups is 1. The minimum atomic E-state index is -3.14. The first kappa shape index (κ1) is 23.4. The zero-order chi connectivity index (χ0) is 19.6. The predicted octanol–water partition coefficient (Wildman–Crippen LogP) is 1.29. The van der Waals surface area contributed by atoms with Crippen LogP contribution in [0.2, 0.25) is 0 Å². The molecule has 1 fully saturated rings. The average Bonchev–Trinajstić information content (AvgIpc) is 2.60. The van der Waals surface area contributed by atoms with E-state index in [9.17, 15) is 12.6 Å². The van der Waals surface area contributed by atoms with E-state index < -0.39 is 20.8 Å². The van der Waals surface area contributed by atoms with E-state index in [-0.39, 0.29) is 5.25 Å². The van der Waals surface area contributed by atoms with Crippen LogP contribution in [0.25, 0.3) is 0 Å². The summed E-state index contributed by atoms with van der Waals surface area (Å²) >= 11 is 0. The quantitative estimate of drug-likeness (QED) is 0.323. The Labute approximate surface area is 161 Å². The molecule has 154 valence electrons. The molecule has 0 radical (unpaired) electrons. The smallest absolute Gasteiger partial charge is 0.211 e. The first-order valence-corrected chi connectivity index (χ1v) is 12.9. The number of aliphatic imine (C=N–C) groups is 1. The molecular weight excluding hydrogens is 372 g/mol. The van der Waals surface area contributed by atoms with Crippen LogP contribution >= 0.6 is 0 Å². The van der Waals surface area contributed by atoms with Crippen LogP contribution in [0.1, 0.15) is 52.9 Å². The molecule has 7 nitrogen and oxygen atoms in total. The molecule has 0 spiro atoms. The molecule has 9 heteroatoms. The third kappa shape index (κ3) is 8.35. The second-order valence-corrected chi connectivity index (χ2v) is 10.7. The largest absolute Gasteiger partial charge is 0.357 e. The molecule has 1 aliphatic carbocycles. The van der Waals surface area contributed by atoms with Crippen molar-refractivity contribution in [2.24, 2.45) is 4.99 Å². The highest BCUT2D eigenvalue weighted by Crippen LogP contribution is 2.22. The normalized spacial score (nSPS) is 23.0. The van der Waals surface area contributed by atoms with E-state index in [1.807, 2.05) is 20.8 Å². The van der Waals surface area contributed by atoms with Crippen LogP contribution in [0.5, 0.6) is 0 Å². The third-order valence-electron chi connectivity index (χ3n) is 4.62. The lowest BCUT2D eigenvalue weighted by Gasteiger charge is -2.30. The van der Waals surface area contributed by atoms with E-state index in [1.165, 1.54) is 10.6 Å². The minimum absolute atomic E-state index is 0.280. The Bertz CT molecular complexity index is 566. The van der Waals surface area contributed by atoms with Gasteiger partial charge in [-0.1, -0.05) is 20.3 Å². The van der Waals surface area contributed by atoms with Crippen molar-refractivity contribution in [2.45, 2.75) is 64.2 Å². The number of nitrogens with zero attached hydrogens (tertiary/aromatic N) is 2. The summed E-state index contributed by atoms with van der Waals surface area (Å²) in [5, 5.41) is 7.00.